The Morgan fingerprint density at radius 2 is 0.679 bits per heavy atom. The topological polar surface area (TPSA) is 317 Å². The molecule has 0 saturated carbocycles. The SMILES string of the molecule is CC(NC(=O)c1ncc(C2=CCc3ncc(N4CCOCC4)cc32)cn1)c1ccn(C)c1.C[C@@H](NC(=O)c1ncc(C2=CCc3ncc(N4CCOCC4)cc32)cn1)c1cccc(Cl)c1.C[C@H](c1ccccc1)N(C)C(=O)c1ncc(C2=CCc3ncc(N4CCOCC4)cc32)cn1.Cc1cccc([C@@H](C)NC(=O)c2ncc(C3=CCc4ncc(N5CCOCC5)cc43)cn2)c1. The highest BCUT2D eigenvalue weighted by Gasteiger charge is 2.30. The Morgan fingerprint density at radius 3 is 1.00 bits per heavy atom. The second-order valence-corrected chi connectivity index (χ2v) is 33.7. The molecule has 131 heavy (non-hydrogen) atoms. The maximum Gasteiger partial charge on any atom is 0.291 e. The van der Waals surface area contributed by atoms with Gasteiger partial charge in [-0.1, -0.05) is 108 Å². The predicted octanol–water partition coefficient (Wildman–Crippen LogP) is 13.4. The molecule has 3 aromatic carbocycles. The normalized spacial score (nSPS) is 16.2. The van der Waals surface area contributed by atoms with Crippen LogP contribution in [-0.2, 0) is 51.7 Å². The van der Waals surface area contributed by atoms with Gasteiger partial charge in [0.05, 0.1) is 147 Å². The van der Waals surface area contributed by atoms with E-state index in [1.807, 2.05) is 156 Å². The largest absolute Gasteiger partial charge is 0.378 e. The Labute approximate surface area is 766 Å². The number of hydrogen-bond donors (Lipinski definition) is 3. The molecule has 0 spiro atoms. The third kappa shape index (κ3) is 21.2. The standard InChI is InChI=1S/2C26H27N5O2.C25H24ClN5O2.C24H26N6O2/c1-17-4-3-5-19(12-17)18(2)30-26(32)25-28-14-20(15-29-25)22-6-7-24-23(22)13-21(16-27-24)31-8-10-33-11-9-31;1-18(19-6-4-3-5-7-19)30(2)26(32)25-28-15-20(16-29-25)22-8-9-24-23(22)14-21(17-27-24)31-10-12-33-13-11-31;1-16(17-3-2-4-19(26)11-17)30-25(32)24-28-13-18(14-29-24)21-5-6-23-22(21)12-20(15-27-23)31-7-9-33-10-8-31;1-16(17-5-6-29(2)15-17)28-24(31)23-26-12-18(13-27-23)20-3-4-22-21(20)11-19(14-25-22)30-7-9-32-10-8-30/h3-6,12-16,18H,7-11H2,1-2H3,(H,30,32);3-8,14-18H,9-13H2,1-2H3;2-5,11-16H,6-10H2,1H3,(H,30,32);3,5-6,11-16H,4,7-10H2,1-2H3,(H,28,31)/t2*18-;16-;/m111./s1. The molecule has 3 N–H and O–H groups in total. The van der Waals surface area contributed by atoms with Crippen molar-refractivity contribution in [1.29, 1.82) is 0 Å². The van der Waals surface area contributed by atoms with Crippen LogP contribution in [0.3, 0.4) is 0 Å². The molecule has 13 heterocycles. The average Bonchev–Trinajstić information content (AvgIpc) is 1.67. The van der Waals surface area contributed by atoms with Crippen LogP contribution in [0.15, 0.2) is 220 Å². The number of allylic oxidation sites excluding steroid dienone is 4. The first kappa shape index (κ1) is 89.0. The van der Waals surface area contributed by atoms with Crippen LogP contribution in [0.2, 0.25) is 5.02 Å². The molecule has 9 aromatic heterocycles. The van der Waals surface area contributed by atoms with Gasteiger partial charge >= 0.3 is 0 Å². The molecule has 0 bridgehead atoms. The Balaban J connectivity index is 0.000000122. The number of halogens is 1. The summed E-state index contributed by atoms with van der Waals surface area (Å²) in [7, 11) is 3.74. The summed E-state index contributed by atoms with van der Waals surface area (Å²) < 4.78 is 23.8. The van der Waals surface area contributed by atoms with Crippen LogP contribution in [0, 0.1) is 6.92 Å². The predicted molar refractivity (Wildman–Crippen MR) is 503 cm³/mol. The molecule has 8 aliphatic rings. The van der Waals surface area contributed by atoms with Gasteiger partial charge in [-0.25, -0.2) is 39.9 Å². The molecule has 20 rings (SSSR count). The molecule has 4 saturated heterocycles. The zero-order valence-corrected chi connectivity index (χ0v) is 75.2. The Kier molecular flexibility index (Phi) is 28.0. The lowest BCUT2D eigenvalue weighted by Crippen LogP contribution is -2.36. The van der Waals surface area contributed by atoms with Crippen LogP contribution in [0.5, 0.6) is 0 Å². The fraction of sp³-hybridized carbons (Fsp3) is 0.307. The van der Waals surface area contributed by atoms with E-state index in [0.717, 1.165) is 271 Å². The number of pyridine rings is 4. The third-order valence-electron chi connectivity index (χ3n) is 24.6. The quantitative estimate of drug-likeness (QED) is 0.0638. The van der Waals surface area contributed by atoms with Gasteiger partial charge < -0.3 is 64.0 Å². The summed E-state index contributed by atoms with van der Waals surface area (Å²) in [6.07, 6.45) is 37.2. The van der Waals surface area contributed by atoms with Gasteiger partial charge in [0.2, 0.25) is 23.3 Å². The number of amides is 4. The minimum Gasteiger partial charge on any atom is -0.378 e. The fourth-order valence-corrected chi connectivity index (χ4v) is 17.2. The van der Waals surface area contributed by atoms with Crippen molar-refractivity contribution < 1.29 is 38.1 Å². The molecule has 4 fully saturated rings. The first-order chi connectivity index (χ1) is 63.9. The summed E-state index contributed by atoms with van der Waals surface area (Å²) in [5, 5.41) is 9.50. The summed E-state index contributed by atoms with van der Waals surface area (Å²) in [6, 6.07) is 35.7. The van der Waals surface area contributed by atoms with Crippen LogP contribution in [0.1, 0.15) is 189 Å². The lowest BCUT2D eigenvalue weighted by atomic mass is 10.0. The molecule has 1 unspecified atom stereocenters. The first-order valence-corrected chi connectivity index (χ1v) is 44.8. The minimum atomic E-state index is -0.328. The second kappa shape index (κ2) is 41.2. The van der Waals surface area contributed by atoms with Crippen LogP contribution in [-0.4, -0.2) is 205 Å². The first-order valence-electron chi connectivity index (χ1n) is 44.4. The maximum absolute atomic E-state index is 13.0. The maximum atomic E-state index is 13.0. The molecule has 4 amide bonds. The van der Waals surface area contributed by atoms with Crippen molar-refractivity contribution in [3.05, 3.63) is 344 Å². The van der Waals surface area contributed by atoms with E-state index in [9.17, 15) is 19.2 Å². The van der Waals surface area contributed by atoms with Crippen molar-refractivity contribution in [3.63, 3.8) is 0 Å². The van der Waals surface area contributed by atoms with Gasteiger partial charge in [0.15, 0.2) is 0 Å². The Hall–Kier alpha value is -14.0. The molecule has 0 radical (unpaired) electrons. The van der Waals surface area contributed by atoms with E-state index in [4.69, 9.17) is 35.5 Å². The van der Waals surface area contributed by atoms with Crippen LogP contribution >= 0.6 is 11.6 Å². The Morgan fingerprint density at radius 1 is 0.366 bits per heavy atom. The van der Waals surface area contributed by atoms with E-state index < -0.39 is 0 Å². The number of hydrogen-bond acceptors (Lipinski definition) is 24. The molecule has 4 aliphatic heterocycles. The highest BCUT2D eigenvalue weighted by Crippen LogP contribution is 2.39. The third-order valence-corrected chi connectivity index (χ3v) is 24.8. The van der Waals surface area contributed by atoms with Gasteiger partial charge in [-0.15, -0.1) is 0 Å². The highest BCUT2D eigenvalue weighted by molar-refractivity contribution is 6.30. The number of aromatic nitrogens is 13. The molecular formula is C101H104ClN21O8. The van der Waals surface area contributed by atoms with Crippen molar-refractivity contribution >= 4 is 80.3 Å². The number of nitrogens with zero attached hydrogens (tertiary/aromatic N) is 18. The summed E-state index contributed by atoms with van der Waals surface area (Å²) in [5.41, 5.74) is 26.0. The molecule has 668 valence electrons. The van der Waals surface area contributed by atoms with E-state index >= 15 is 0 Å². The van der Waals surface area contributed by atoms with E-state index in [1.54, 1.807) is 67.6 Å². The second-order valence-electron chi connectivity index (χ2n) is 33.3. The van der Waals surface area contributed by atoms with Crippen molar-refractivity contribution in [2.24, 2.45) is 7.05 Å². The van der Waals surface area contributed by atoms with Gasteiger partial charge in [-0.05, 0) is 122 Å². The van der Waals surface area contributed by atoms with E-state index in [1.165, 1.54) is 0 Å². The average molecular weight is 1780 g/mol. The van der Waals surface area contributed by atoms with Crippen LogP contribution in [0.25, 0.3) is 22.3 Å². The van der Waals surface area contributed by atoms with Crippen LogP contribution < -0.4 is 35.6 Å². The fourth-order valence-electron chi connectivity index (χ4n) is 17.0. The van der Waals surface area contributed by atoms with Crippen molar-refractivity contribution in [2.45, 2.75) is 84.5 Å². The zero-order valence-electron chi connectivity index (χ0n) is 74.4. The number of nitrogens with one attached hydrogen (secondary N) is 3. The molecular weight excluding hydrogens is 1670 g/mol. The van der Waals surface area contributed by atoms with Crippen LogP contribution in [0.4, 0.5) is 22.7 Å². The molecule has 30 heteroatoms. The van der Waals surface area contributed by atoms with Crippen molar-refractivity contribution in [1.82, 2.24) is 85.2 Å². The van der Waals surface area contributed by atoms with Gasteiger partial charge in [0.25, 0.3) is 23.6 Å². The van der Waals surface area contributed by atoms with E-state index in [0.29, 0.717) is 5.02 Å². The number of carbonyl (C=O) groups is 4. The number of morpholine rings is 4. The summed E-state index contributed by atoms with van der Waals surface area (Å²) >= 11 is 6.06. The summed E-state index contributed by atoms with van der Waals surface area (Å²) in [4.78, 5) is 115. The van der Waals surface area contributed by atoms with Gasteiger partial charge in [-0.2, -0.15) is 0 Å². The number of rotatable bonds is 20. The minimum absolute atomic E-state index is 0.0731. The number of anilines is 4. The number of benzene rings is 3. The van der Waals surface area contributed by atoms with E-state index in [-0.39, 0.29) is 71.1 Å². The monoisotopic (exact) mass is 1770 g/mol. The summed E-state index contributed by atoms with van der Waals surface area (Å²) in [6.45, 7) is 22.7. The summed E-state index contributed by atoms with van der Waals surface area (Å²) in [5.74, 6) is -0.443. The number of fused-ring (bicyclic) bond motifs is 4. The zero-order chi connectivity index (χ0) is 90.4. The van der Waals surface area contributed by atoms with Gasteiger partial charge in [-0.3, -0.25) is 39.1 Å². The number of ether oxygens (including phenoxy) is 4. The van der Waals surface area contributed by atoms with Gasteiger partial charge in [0, 0.05) is 204 Å². The van der Waals surface area contributed by atoms with Crippen molar-refractivity contribution in [3.8, 4) is 0 Å². The smallest absolute Gasteiger partial charge is 0.291 e. The molecule has 12 aromatic rings. The number of carbonyl (C=O) groups excluding carboxylic acids is 4. The van der Waals surface area contributed by atoms with Crippen molar-refractivity contribution in [2.75, 3.05) is 132 Å². The number of aryl methyl sites for hydroxylation is 2. The van der Waals surface area contributed by atoms with E-state index in [2.05, 4.69) is 145 Å². The molecule has 4 atom stereocenters. The molecule has 4 aliphatic carbocycles. The Bertz CT molecular complexity index is 6060. The molecule has 29 nitrogen and oxygen atoms in total. The lowest BCUT2D eigenvalue weighted by molar-refractivity contribution is 0.0729. The van der Waals surface area contributed by atoms with Gasteiger partial charge in [0.1, 0.15) is 0 Å². The lowest BCUT2D eigenvalue weighted by Gasteiger charge is -2.29. The highest BCUT2D eigenvalue weighted by atomic mass is 35.5.